The van der Waals surface area contributed by atoms with E-state index in [2.05, 4.69) is 5.32 Å². The van der Waals surface area contributed by atoms with Gasteiger partial charge in [0, 0.05) is 18.2 Å². The molecule has 1 aromatic rings. The van der Waals surface area contributed by atoms with Crippen molar-refractivity contribution in [3.63, 3.8) is 0 Å². The average molecular weight is 283 g/mol. The molecule has 0 aliphatic heterocycles. The number of halogens is 1. The maximum absolute atomic E-state index is 10.7. The molecule has 0 amide bonds. The van der Waals surface area contributed by atoms with Gasteiger partial charge in [0.2, 0.25) is 0 Å². The number of benzene rings is 1. The number of nitro groups is 1. The average Bonchev–Trinajstić information content (AvgIpc) is 2.34. The van der Waals surface area contributed by atoms with Crippen molar-refractivity contribution in [3.05, 3.63) is 33.3 Å². The largest absolute Gasteiger partial charge is 0.381 e. The molecule has 4 nitrogen and oxygen atoms in total. The summed E-state index contributed by atoms with van der Waals surface area (Å²) in [5.74, 6) is 0. The Bertz CT molecular complexity index is 443. The quantitative estimate of drug-likeness (QED) is 0.641. The van der Waals surface area contributed by atoms with Gasteiger partial charge in [-0.25, -0.2) is 0 Å². The summed E-state index contributed by atoms with van der Waals surface area (Å²) in [5.41, 5.74) is 0.839. The maximum atomic E-state index is 10.7. The highest BCUT2D eigenvalue weighted by molar-refractivity contribution is 6.33. The summed E-state index contributed by atoms with van der Waals surface area (Å²) in [7, 11) is 0. The molecule has 1 aliphatic carbocycles. The van der Waals surface area contributed by atoms with Crippen LogP contribution in [0.3, 0.4) is 0 Å². The van der Waals surface area contributed by atoms with E-state index in [0.29, 0.717) is 11.1 Å². The lowest BCUT2D eigenvalue weighted by molar-refractivity contribution is -0.384. The highest BCUT2D eigenvalue weighted by Crippen LogP contribution is 2.29. The molecule has 1 fully saturated rings. The van der Waals surface area contributed by atoms with Crippen molar-refractivity contribution in [2.75, 3.05) is 5.32 Å². The second-order valence-corrected chi connectivity index (χ2v) is 5.51. The van der Waals surface area contributed by atoms with Gasteiger partial charge in [0.05, 0.1) is 15.6 Å². The van der Waals surface area contributed by atoms with Gasteiger partial charge in [-0.1, -0.05) is 43.7 Å². The van der Waals surface area contributed by atoms with Crippen molar-refractivity contribution in [1.82, 2.24) is 0 Å². The van der Waals surface area contributed by atoms with Crippen LogP contribution in [0.1, 0.15) is 44.9 Å². The van der Waals surface area contributed by atoms with Crippen LogP contribution in [0.25, 0.3) is 0 Å². The molecule has 1 aromatic carbocycles. The standard InChI is InChI=1S/C14H19ClN2O2/c15-13-10-12(17(18)19)8-9-14(13)16-11-6-4-2-1-3-5-7-11/h8-11,16H,1-7H2. The van der Waals surface area contributed by atoms with E-state index in [-0.39, 0.29) is 5.69 Å². The molecular weight excluding hydrogens is 264 g/mol. The minimum absolute atomic E-state index is 0.0354. The molecule has 2 rings (SSSR count). The van der Waals surface area contributed by atoms with Crippen LogP contribution in [0.15, 0.2) is 18.2 Å². The highest BCUT2D eigenvalue weighted by atomic mass is 35.5. The predicted molar refractivity (Wildman–Crippen MR) is 77.8 cm³/mol. The van der Waals surface area contributed by atoms with Crippen molar-refractivity contribution in [1.29, 1.82) is 0 Å². The summed E-state index contributed by atoms with van der Waals surface area (Å²) in [6.45, 7) is 0. The summed E-state index contributed by atoms with van der Waals surface area (Å²) in [5, 5.41) is 14.5. The Morgan fingerprint density at radius 2 is 1.79 bits per heavy atom. The third-order valence-corrected chi connectivity index (χ3v) is 3.94. The van der Waals surface area contributed by atoms with E-state index in [4.69, 9.17) is 11.6 Å². The van der Waals surface area contributed by atoms with Crippen LogP contribution < -0.4 is 5.32 Å². The molecule has 0 radical (unpaired) electrons. The van der Waals surface area contributed by atoms with Gasteiger partial charge in [-0.3, -0.25) is 10.1 Å². The van der Waals surface area contributed by atoms with Crippen LogP contribution in [0, 0.1) is 10.1 Å². The predicted octanol–water partition coefficient (Wildman–Crippen LogP) is 4.77. The van der Waals surface area contributed by atoms with E-state index >= 15 is 0 Å². The van der Waals surface area contributed by atoms with Crippen molar-refractivity contribution < 1.29 is 4.92 Å². The normalized spacial score (nSPS) is 17.5. The first-order valence-corrected chi connectivity index (χ1v) is 7.25. The van der Waals surface area contributed by atoms with Crippen LogP contribution in [0.4, 0.5) is 11.4 Å². The number of anilines is 1. The second-order valence-electron chi connectivity index (χ2n) is 5.11. The van der Waals surface area contributed by atoms with E-state index in [9.17, 15) is 10.1 Å². The van der Waals surface area contributed by atoms with E-state index in [1.165, 1.54) is 44.2 Å². The lowest BCUT2D eigenvalue weighted by Crippen LogP contribution is -2.20. The Hall–Kier alpha value is -1.29. The molecule has 19 heavy (non-hydrogen) atoms. The van der Waals surface area contributed by atoms with Gasteiger partial charge in [-0.15, -0.1) is 0 Å². The molecule has 0 atom stereocenters. The molecule has 1 N–H and O–H groups in total. The number of nitrogens with zero attached hydrogens (tertiary/aromatic N) is 1. The third-order valence-electron chi connectivity index (χ3n) is 3.63. The lowest BCUT2D eigenvalue weighted by atomic mass is 9.96. The van der Waals surface area contributed by atoms with Gasteiger partial charge in [-0.05, 0) is 18.9 Å². The van der Waals surface area contributed by atoms with Crippen LogP contribution >= 0.6 is 11.6 Å². The van der Waals surface area contributed by atoms with Crippen LogP contribution in [0.5, 0.6) is 0 Å². The minimum Gasteiger partial charge on any atom is -0.381 e. The zero-order chi connectivity index (χ0) is 13.7. The van der Waals surface area contributed by atoms with E-state index in [1.807, 2.05) is 0 Å². The molecule has 0 unspecified atom stereocenters. The minimum atomic E-state index is -0.425. The molecule has 0 aromatic heterocycles. The summed E-state index contributed by atoms with van der Waals surface area (Å²) < 4.78 is 0. The number of nitro benzene ring substituents is 1. The zero-order valence-corrected chi connectivity index (χ0v) is 11.7. The maximum Gasteiger partial charge on any atom is 0.271 e. The molecule has 0 heterocycles. The monoisotopic (exact) mass is 282 g/mol. The second kappa shape index (κ2) is 6.75. The summed E-state index contributed by atoms with van der Waals surface area (Å²) in [6, 6.07) is 5.04. The third kappa shape index (κ3) is 4.10. The molecule has 0 saturated heterocycles. The van der Waals surface area contributed by atoms with Crippen LogP contribution in [0.2, 0.25) is 5.02 Å². The number of hydrogen-bond donors (Lipinski definition) is 1. The zero-order valence-electron chi connectivity index (χ0n) is 10.9. The summed E-state index contributed by atoms with van der Waals surface area (Å²) in [6.07, 6.45) is 8.70. The van der Waals surface area contributed by atoms with Crippen molar-refractivity contribution >= 4 is 23.0 Å². The lowest BCUT2D eigenvalue weighted by Gasteiger charge is -2.22. The molecule has 0 spiro atoms. The number of rotatable bonds is 3. The molecule has 5 heteroatoms. The van der Waals surface area contributed by atoms with Gasteiger partial charge in [0.15, 0.2) is 0 Å². The fourth-order valence-electron chi connectivity index (χ4n) is 2.56. The molecule has 104 valence electrons. The van der Waals surface area contributed by atoms with E-state index < -0.39 is 4.92 Å². The van der Waals surface area contributed by atoms with Crippen molar-refractivity contribution in [3.8, 4) is 0 Å². The smallest absolute Gasteiger partial charge is 0.271 e. The van der Waals surface area contributed by atoms with E-state index in [1.54, 1.807) is 6.07 Å². The Morgan fingerprint density at radius 1 is 1.16 bits per heavy atom. The van der Waals surface area contributed by atoms with Gasteiger partial charge >= 0.3 is 0 Å². The van der Waals surface area contributed by atoms with Crippen LogP contribution in [-0.4, -0.2) is 11.0 Å². The Morgan fingerprint density at radius 3 is 2.37 bits per heavy atom. The van der Waals surface area contributed by atoms with Gasteiger partial charge in [0.25, 0.3) is 5.69 Å². The number of hydrogen-bond acceptors (Lipinski definition) is 3. The van der Waals surface area contributed by atoms with Gasteiger partial charge in [-0.2, -0.15) is 0 Å². The number of nitrogens with one attached hydrogen (secondary N) is 1. The Kier molecular flexibility index (Phi) is 5.02. The van der Waals surface area contributed by atoms with Crippen molar-refractivity contribution in [2.24, 2.45) is 0 Å². The van der Waals surface area contributed by atoms with Crippen LogP contribution in [-0.2, 0) is 0 Å². The fourth-order valence-corrected chi connectivity index (χ4v) is 2.78. The molecule has 0 bridgehead atoms. The molecular formula is C14H19ClN2O2. The first-order chi connectivity index (χ1) is 9.16. The Labute approximate surface area is 118 Å². The first-order valence-electron chi connectivity index (χ1n) is 6.87. The highest BCUT2D eigenvalue weighted by Gasteiger charge is 2.14. The van der Waals surface area contributed by atoms with E-state index in [0.717, 1.165) is 18.5 Å². The first kappa shape index (κ1) is 14.1. The van der Waals surface area contributed by atoms with Crippen molar-refractivity contribution in [2.45, 2.75) is 51.0 Å². The Balaban J connectivity index is 2.03. The summed E-state index contributed by atoms with van der Waals surface area (Å²) in [4.78, 5) is 10.2. The summed E-state index contributed by atoms with van der Waals surface area (Å²) >= 11 is 6.10. The number of non-ortho nitro benzene ring substituents is 1. The van der Waals surface area contributed by atoms with Gasteiger partial charge in [0.1, 0.15) is 0 Å². The SMILES string of the molecule is O=[N+]([O-])c1ccc(NC2CCCCCCC2)c(Cl)c1. The molecule has 1 aliphatic rings. The topological polar surface area (TPSA) is 55.2 Å². The molecule has 1 saturated carbocycles. The fraction of sp³-hybridized carbons (Fsp3) is 0.571. The van der Waals surface area contributed by atoms with Gasteiger partial charge < -0.3 is 5.32 Å².